The van der Waals surface area contributed by atoms with Crippen molar-refractivity contribution in [1.82, 2.24) is 25.3 Å². The number of benzene rings is 1. The number of carbonyl (C=O) groups is 1. The lowest BCUT2D eigenvalue weighted by molar-refractivity contribution is -0.121. The van der Waals surface area contributed by atoms with Crippen LogP contribution < -0.4 is 5.32 Å². The Morgan fingerprint density at radius 1 is 1.20 bits per heavy atom. The summed E-state index contributed by atoms with van der Waals surface area (Å²) in [4.78, 5) is 21.5. The number of amides is 1. The first-order valence-electron chi connectivity index (χ1n) is 10.8. The van der Waals surface area contributed by atoms with Gasteiger partial charge in [-0.15, -0.1) is 0 Å². The van der Waals surface area contributed by atoms with Crippen LogP contribution in [0.1, 0.15) is 32.6 Å². The minimum Gasteiger partial charge on any atom is -0.356 e. The minimum absolute atomic E-state index is 0.0788. The normalized spacial score (nSPS) is 16.5. The van der Waals surface area contributed by atoms with E-state index >= 15 is 0 Å². The molecular formula is C22H32ClN5O2. The highest BCUT2D eigenvalue weighted by Gasteiger charge is 2.17. The van der Waals surface area contributed by atoms with Crippen molar-refractivity contribution < 1.29 is 9.32 Å². The Kier molecular flexibility index (Phi) is 8.66. The molecule has 8 heteroatoms. The van der Waals surface area contributed by atoms with Crippen molar-refractivity contribution in [2.45, 2.75) is 33.1 Å². The molecule has 1 atom stereocenters. The van der Waals surface area contributed by atoms with Gasteiger partial charge in [-0.25, -0.2) is 0 Å². The van der Waals surface area contributed by atoms with Crippen LogP contribution in [0.3, 0.4) is 0 Å². The van der Waals surface area contributed by atoms with Gasteiger partial charge < -0.3 is 19.6 Å². The van der Waals surface area contributed by atoms with Gasteiger partial charge in [-0.1, -0.05) is 30.6 Å². The average Bonchev–Trinajstić information content (AvgIpc) is 3.22. The predicted octanol–water partition coefficient (Wildman–Crippen LogP) is 3.10. The summed E-state index contributed by atoms with van der Waals surface area (Å²) in [5.41, 5.74) is 0.859. The van der Waals surface area contributed by atoms with E-state index in [1.807, 2.05) is 12.1 Å². The molecule has 1 saturated heterocycles. The number of rotatable bonds is 10. The summed E-state index contributed by atoms with van der Waals surface area (Å²) in [6, 6.07) is 7.30. The van der Waals surface area contributed by atoms with Crippen molar-refractivity contribution in [1.29, 1.82) is 0 Å². The van der Waals surface area contributed by atoms with E-state index in [0.717, 1.165) is 44.8 Å². The van der Waals surface area contributed by atoms with E-state index in [0.29, 0.717) is 48.5 Å². The number of hydrogen-bond donors (Lipinski definition) is 1. The van der Waals surface area contributed by atoms with Crippen LogP contribution in [0.15, 0.2) is 28.8 Å². The highest BCUT2D eigenvalue weighted by molar-refractivity contribution is 6.30. The van der Waals surface area contributed by atoms with E-state index in [1.165, 1.54) is 0 Å². The van der Waals surface area contributed by atoms with Crippen LogP contribution in [0.25, 0.3) is 11.4 Å². The number of aromatic nitrogens is 2. The summed E-state index contributed by atoms with van der Waals surface area (Å²) in [6.07, 6.45) is 1.73. The zero-order valence-corrected chi connectivity index (χ0v) is 18.7. The first-order valence-corrected chi connectivity index (χ1v) is 11.2. The van der Waals surface area contributed by atoms with E-state index in [2.05, 4.69) is 39.1 Å². The van der Waals surface area contributed by atoms with Crippen LogP contribution in [-0.2, 0) is 11.2 Å². The van der Waals surface area contributed by atoms with Crippen molar-refractivity contribution in [3.05, 3.63) is 35.2 Å². The quantitative estimate of drug-likeness (QED) is 0.620. The van der Waals surface area contributed by atoms with Crippen molar-refractivity contribution in [3.63, 3.8) is 0 Å². The van der Waals surface area contributed by atoms with Gasteiger partial charge in [0.25, 0.3) is 0 Å². The molecular weight excluding hydrogens is 402 g/mol. The van der Waals surface area contributed by atoms with Gasteiger partial charge in [0.15, 0.2) is 0 Å². The molecule has 7 nitrogen and oxygen atoms in total. The molecule has 0 bridgehead atoms. The van der Waals surface area contributed by atoms with Crippen molar-refractivity contribution in [3.8, 4) is 11.4 Å². The van der Waals surface area contributed by atoms with E-state index < -0.39 is 0 Å². The number of nitrogens with one attached hydrogen (secondary N) is 1. The minimum atomic E-state index is 0.0788. The fraction of sp³-hybridized carbons (Fsp3) is 0.591. The molecule has 3 rings (SSSR count). The molecule has 0 saturated carbocycles. The molecule has 0 unspecified atom stereocenters. The van der Waals surface area contributed by atoms with E-state index in [-0.39, 0.29) is 5.91 Å². The molecule has 2 heterocycles. The number of nitrogens with zero attached hydrogens (tertiary/aromatic N) is 4. The Morgan fingerprint density at radius 2 is 1.90 bits per heavy atom. The second-order valence-corrected chi connectivity index (χ2v) is 8.45. The fourth-order valence-electron chi connectivity index (χ4n) is 3.64. The number of hydrogen-bond acceptors (Lipinski definition) is 6. The maximum Gasteiger partial charge on any atom is 0.226 e. The van der Waals surface area contributed by atoms with E-state index in [1.54, 1.807) is 12.1 Å². The van der Waals surface area contributed by atoms with Crippen LogP contribution >= 0.6 is 11.6 Å². The highest BCUT2D eigenvalue weighted by atomic mass is 35.5. The molecule has 164 valence electrons. The van der Waals surface area contributed by atoms with Crippen molar-refractivity contribution in [2.75, 3.05) is 45.8 Å². The number of halogens is 1. The zero-order valence-electron chi connectivity index (χ0n) is 17.9. The van der Waals surface area contributed by atoms with Crippen LogP contribution in [0.4, 0.5) is 0 Å². The molecule has 0 aliphatic carbocycles. The standard InChI is InChI=1S/C22H32ClN5O2/c1-3-27-11-13-28(14-12-27)16-17(2)15-24-20(29)5-4-6-21-25-22(26-30-21)18-7-9-19(23)10-8-18/h7-10,17H,3-6,11-16H2,1-2H3,(H,24,29)/t17-/m0/s1. The van der Waals surface area contributed by atoms with Crippen molar-refractivity contribution >= 4 is 17.5 Å². The molecule has 30 heavy (non-hydrogen) atoms. The second-order valence-electron chi connectivity index (χ2n) is 8.02. The van der Waals surface area contributed by atoms with Crippen molar-refractivity contribution in [2.24, 2.45) is 5.92 Å². The molecule has 1 fully saturated rings. The van der Waals surface area contributed by atoms with Gasteiger partial charge in [-0.05, 0) is 43.1 Å². The smallest absolute Gasteiger partial charge is 0.226 e. The number of piperazine rings is 1. The number of aryl methyl sites for hydroxylation is 1. The predicted molar refractivity (Wildman–Crippen MR) is 118 cm³/mol. The van der Waals surface area contributed by atoms with Gasteiger partial charge in [0, 0.05) is 62.7 Å². The lowest BCUT2D eigenvalue weighted by atomic mass is 10.1. The summed E-state index contributed by atoms with van der Waals surface area (Å²) in [5.74, 6) is 1.61. The molecule has 1 amide bonds. The molecule has 1 aromatic carbocycles. The molecule has 0 spiro atoms. The third kappa shape index (κ3) is 7.07. The second kappa shape index (κ2) is 11.4. The maximum atomic E-state index is 12.2. The van der Waals surface area contributed by atoms with Crippen LogP contribution in [0.5, 0.6) is 0 Å². The Hall–Kier alpha value is -1.96. The highest BCUT2D eigenvalue weighted by Crippen LogP contribution is 2.19. The van der Waals surface area contributed by atoms with Gasteiger partial charge >= 0.3 is 0 Å². The first kappa shape index (κ1) is 22.7. The first-order chi connectivity index (χ1) is 14.5. The van der Waals surface area contributed by atoms with Gasteiger partial charge in [-0.3, -0.25) is 4.79 Å². The molecule has 0 radical (unpaired) electrons. The molecule has 1 aliphatic heterocycles. The summed E-state index contributed by atoms with van der Waals surface area (Å²) in [7, 11) is 0. The largest absolute Gasteiger partial charge is 0.356 e. The molecule has 2 aromatic rings. The zero-order chi connectivity index (χ0) is 21.3. The Bertz CT molecular complexity index is 787. The SMILES string of the molecule is CCN1CCN(C[C@@H](C)CNC(=O)CCCc2nc(-c3ccc(Cl)cc3)no2)CC1. The molecule has 1 N–H and O–H groups in total. The van der Waals surface area contributed by atoms with Gasteiger partial charge in [0.05, 0.1) is 0 Å². The summed E-state index contributed by atoms with van der Waals surface area (Å²) in [6.45, 7) is 11.8. The Morgan fingerprint density at radius 3 is 2.60 bits per heavy atom. The number of carbonyl (C=O) groups excluding carboxylic acids is 1. The van der Waals surface area contributed by atoms with Crippen LogP contribution in [-0.4, -0.2) is 71.7 Å². The summed E-state index contributed by atoms with van der Waals surface area (Å²) in [5, 5.41) is 7.73. The fourth-order valence-corrected chi connectivity index (χ4v) is 3.77. The van der Waals surface area contributed by atoms with E-state index in [4.69, 9.17) is 16.1 Å². The van der Waals surface area contributed by atoms with Crippen LogP contribution in [0, 0.1) is 5.92 Å². The molecule has 1 aliphatic rings. The summed E-state index contributed by atoms with van der Waals surface area (Å²) >= 11 is 5.90. The lowest BCUT2D eigenvalue weighted by Crippen LogP contribution is -2.48. The van der Waals surface area contributed by atoms with E-state index in [9.17, 15) is 4.79 Å². The Labute approximate surface area is 183 Å². The third-order valence-corrected chi connectivity index (χ3v) is 5.75. The monoisotopic (exact) mass is 433 g/mol. The van der Waals surface area contributed by atoms with Gasteiger partial charge in [-0.2, -0.15) is 4.98 Å². The summed E-state index contributed by atoms with van der Waals surface area (Å²) < 4.78 is 5.29. The lowest BCUT2D eigenvalue weighted by Gasteiger charge is -2.35. The third-order valence-electron chi connectivity index (χ3n) is 5.49. The van der Waals surface area contributed by atoms with Gasteiger partial charge in [0.2, 0.25) is 17.6 Å². The average molecular weight is 434 g/mol. The maximum absolute atomic E-state index is 12.2. The number of likely N-dealkylation sites (N-methyl/N-ethyl adjacent to an activating group) is 1. The Balaban J connectivity index is 1.31. The van der Waals surface area contributed by atoms with Crippen LogP contribution in [0.2, 0.25) is 5.02 Å². The van der Waals surface area contributed by atoms with Gasteiger partial charge in [0.1, 0.15) is 0 Å². The topological polar surface area (TPSA) is 74.5 Å². The molecule has 1 aromatic heterocycles.